The third-order valence-corrected chi connectivity index (χ3v) is 6.27. The van der Waals surface area contributed by atoms with E-state index in [2.05, 4.69) is 15.9 Å². The number of nitrogens with zero attached hydrogens (tertiary/aromatic N) is 4. The minimum absolute atomic E-state index is 0.0753. The Morgan fingerprint density at radius 2 is 1.53 bits per heavy atom. The van der Waals surface area contributed by atoms with E-state index in [0.29, 0.717) is 13.1 Å². The fourth-order valence-corrected chi connectivity index (χ4v) is 4.47. The van der Waals surface area contributed by atoms with Gasteiger partial charge in [-0.05, 0) is 43.2 Å². The summed E-state index contributed by atoms with van der Waals surface area (Å²) in [5.41, 5.74) is 2.17. The van der Waals surface area contributed by atoms with Crippen molar-refractivity contribution >= 4 is 34.6 Å². The van der Waals surface area contributed by atoms with Crippen molar-refractivity contribution in [3.8, 4) is 0 Å². The summed E-state index contributed by atoms with van der Waals surface area (Å²) < 4.78 is 0. The molecule has 0 atom stereocenters. The maximum absolute atomic E-state index is 13.0. The zero-order valence-electron chi connectivity index (χ0n) is 16.7. The van der Waals surface area contributed by atoms with Crippen molar-refractivity contribution in [3.63, 3.8) is 0 Å². The lowest BCUT2D eigenvalue weighted by atomic mass is 9.94. The number of piperidine rings is 1. The second kappa shape index (κ2) is 8.92. The predicted octanol–water partition coefficient (Wildman–Crippen LogP) is 3.81. The first-order valence-corrected chi connectivity index (χ1v) is 10.7. The van der Waals surface area contributed by atoms with Gasteiger partial charge in [0.2, 0.25) is 5.91 Å². The molecule has 2 aliphatic rings. The smallest absolute Gasteiger partial charge is 0.269 e. The molecule has 0 radical (unpaired) electrons. The molecule has 2 saturated heterocycles. The molecule has 30 heavy (non-hydrogen) atoms. The van der Waals surface area contributed by atoms with Crippen LogP contribution in [0.2, 0.25) is 5.02 Å². The van der Waals surface area contributed by atoms with E-state index < -0.39 is 4.92 Å². The number of rotatable bonds is 4. The molecule has 8 heteroatoms. The van der Waals surface area contributed by atoms with Gasteiger partial charge in [0, 0.05) is 73.7 Å². The molecule has 0 aromatic heterocycles. The Morgan fingerprint density at radius 1 is 0.900 bits per heavy atom. The standard InChI is InChI=1S/C22H25ClN4O3/c23-18-2-1-3-21(16-18)24-10-8-17(9-11-24)22(28)26-14-12-25(13-15-26)19-4-6-20(7-5-19)27(29)30/h1-7,16-17H,8-15H2. The molecule has 158 valence electrons. The first-order valence-electron chi connectivity index (χ1n) is 10.3. The Kier molecular flexibility index (Phi) is 6.08. The Morgan fingerprint density at radius 3 is 2.13 bits per heavy atom. The maximum Gasteiger partial charge on any atom is 0.269 e. The third kappa shape index (κ3) is 4.51. The van der Waals surface area contributed by atoms with E-state index in [0.717, 1.165) is 55.4 Å². The molecule has 2 aromatic rings. The number of nitro benzene ring substituents is 1. The first-order chi connectivity index (χ1) is 14.5. The van der Waals surface area contributed by atoms with Crippen LogP contribution < -0.4 is 9.80 Å². The molecule has 0 saturated carbocycles. The number of anilines is 2. The van der Waals surface area contributed by atoms with E-state index in [1.165, 1.54) is 12.1 Å². The van der Waals surface area contributed by atoms with Crippen molar-refractivity contribution in [1.82, 2.24) is 4.90 Å². The summed E-state index contributed by atoms with van der Waals surface area (Å²) in [6.45, 7) is 4.57. The van der Waals surface area contributed by atoms with Crippen LogP contribution >= 0.6 is 11.6 Å². The Bertz CT molecular complexity index is 905. The topological polar surface area (TPSA) is 69.9 Å². The van der Waals surface area contributed by atoms with Crippen LogP contribution in [0, 0.1) is 16.0 Å². The molecule has 1 amide bonds. The van der Waals surface area contributed by atoms with Crippen LogP contribution in [0.25, 0.3) is 0 Å². The van der Waals surface area contributed by atoms with Crippen LogP contribution in [0.4, 0.5) is 17.1 Å². The van der Waals surface area contributed by atoms with Crippen molar-refractivity contribution < 1.29 is 9.72 Å². The third-order valence-electron chi connectivity index (χ3n) is 6.03. The highest BCUT2D eigenvalue weighted by Gasteiger charge is 2.30. The average molecular weight is 429 g/mol. The number of piperazine rings is 1. The highest BCUT2D eigenvalue weighted by molar-refractivity contribution is 6.30. The molecule has 0 aliphatic carbocycles. The number of carbonyl (C=O) groups excluding carboxylic acids is 1. The number of non-ortho nitro benzene ring substituents is 1. The van der Waals surface area contributed by atoms with Gasteiger partial charge in [-0.2, -0.15) is 0 Å². The highest BCUT2D eigenvalue weighted by Crippen LogP contribution is 2.27. The van der Waals surface area contributed by atoms with E-state index in [-0.39, 0.29) is 17.5 Å². The number of halogens is 1. The summed E-state index contributed by atoms with van der Waals surface area (Å²) in [6.07, 6.45) is 1.71. The van der Waals surface area contributed by atoms with Crippen LogP contribution in [0.5, 0.6) is 0 Å². The van der Waals surface area contributed by atoms with Crippen molar-refractivity contribution in [3.05, 3.63) is 63.7 Å². The van der Waals surface area contributed by atoms with E-state index in [4.69, 9.17) is 11.6 Å². The number of carbonyl (C=O) groups is 1. The zero-order valence-corrected chi connectivity index (χ0v) is 17.5. The molecular formula is C22H25ClN4O3. The van der Waals surface area contributed by atoms with Crippen LogP contribution in [0.15, 0.2) is 48.5 Å². The van der Waals surface area contributed by atoms with Gasteiger partial charge in [0.25, 0.3) is 5.69 Å². The monoisotopic (exact) mass is 428 g/mol. The molecule has 2 heterocycles. The lowest BCUT2D eigenvalue weighted by Gasteiger charge is -2.39. The van der Waals surface area contributed by atoms with Crippen LogP contribution in [-0.4, -0.2) is 55.0 Å². The predicted molar refractivity (Wildman–Crippen MR) is 118 cm³/mol. The quantitative estimate of drug-likeness (QED) is 0.547. The molecule has 2 aliphatic heterocycles. The number of hydrogen-bond donors (Lipinski definition) is 0. The number of benzene rings is 2. The molecule has 2 fully saturated rings. The van der Waals surface area contributed by atoms with Gasteiger partial charge in [0.05, 0.1) is 4.92 Å². The SMILES string of the molecule is O=C(C1CCN(c2cccc(Cl)c2)CC1)N1CCN(c2ccc([N+](=O)[O-])cc2)CC1. The first kappa shape index (κ1) is 20.5. The molecule has 2 aromatic carbocycles. The summed E-state index contributed by atoms with van der Waals surface area (Å²) in [5, 5.41) is 11.5. The molecule has 7 nitrogen and oxygen atoms in total. The fraction of sp³-hybridized carbons (Fsp3) is 0.409. The molecule has 0 N–H and O–H groups in total. The van der Waals surface area contributed by atoms with Crippen molar-refractivity contribution in [2.45, 2.75) is 12.8 Å². The van der Waals surface area contributed by atoms with Crippen LogP contribution in [0.1, 0.15) is 12.8 Å². The van der Waals surface area contributed by atoms with Gasteiger partial charge in [-0.3, -0.25) is 14.9 Å². The summed E-state index contributed by atoms with van der Waals surface area (Å²) >= 11 is 6.10. The lowest BCUT2D eigenvalue weighted by molar-refractivity contribution is -0.384. The van der Waals surface area contributed by atoms with Gasteiger partial charge in [-0.1, -0.05) is 17.7 Å². The summed E-state index contributed by atoms with van der Waals surface area (Å²) in [6, 6.07) is 14.5. The number of hydrogen-bond acceptors (Lipinski definition) is 5. The number of nitro groups is 1. The van der Waals surface area contributed by atoms with E-state index >= 15 is 0 Å². The van der Waals surface area contributed by atoms with Crippen LogP contribution in [0.3, 0.4) is 0 Å². The number of amides is 1. The molecule has 4 rings (SSSR count). The van der Waals surface area contributed by atoms with E-state index in [1.807, 2.05) is 23.1 Å². The molecule has 0 bridgehead atoms. The van der Waals surface area contributed by atoms with Crippen LogP contribution in [-0.2, 0) is 4.79 Å². The lowest BCUT2D eigenvalue weighted by Crippen LogP contribution is -2.51. The van der Waals surface area contributed by atoms with Gasteiger partial charge < -0.3 is 14.7 Å². The van der Waals surface area contributed by atoms with E-state index in [9.17, 15) is 14.9 Å². The highest BCUT2D eigenvalue weighted by atomic mass is 35.5. The second-order valence-corrected chi connectivity index (χ2v) is 8.26. The van der Waals surface area contributed by atoms with Gasteiger partial charge in [-0.25, -0.2) is 0 Å². The second-order valence-electron chi connectivity index (χ2n) is 7.83. The van der Waals surface area contributed by atoms with Gasteiger partial charge in [-0.15, -0.1) is 0 Å². The van der Waals surface area contributed by atoms with Crippen molar-refractivity contribution in [2.24, 2.45) is 5.92 Å². The van der Waals surface area contributed by atoms with Crippen molar-refractivity contribution in [1.29, 1.82) is 0 Å². The van der Waals surface area contributed by atoms with Gasteiger partial charge in [0.15, 0.2) is 0 Å². The fourth-order valence-electron chi connectivity index (χ4n) is 4.29. The van der Waals surface area contributed by atoms with E-state index in [1.54, 1.807) is 12.1 Å². The minimum Gasteiger partial charge on any atom is -0.371 e. The van der Waals surface area contributed by atoms with Gasteiger partial charge in [0.1, 0.15) is 0 Å². The molecular weight excluding hydrogens is 404 g/mol. The summed E-state index contributed by atoms with van der Waals surface area (Å²) in [4.78, 5) is 29.9. The minimum atomic E-state index is -0.391. The van der Waals surface area contributed by atoms with Crippen molar-refractivity contribution in [2.75, 3.05) is 49.1 Å². The molecule has 0 unspecified atom stereocenters. The van der Waals surface area contributed by atoms with Gasteiger partial charge >= 0.3 is 0 Å². The summed E-state index contributed by atoms with van der Waals surface area (Å²) in [5.74, 6) is 0.329. The maximum atomic E-state index is 13.0. The Hall–Kier alpha value is -2.80. The molecule has 0 spiro atoms. The largest absolute Gasteiger partial charge is 0.371 e. The normalized spacial score (nSPS) is 17.8. The summed E-state index contributed by atoms with van der Waals surface area (Å²) in [7, 11) is 0. The Balaban J connectivity index is 1.28. The zero-order chi connectivity index (χ0) is 21.1. The Labute approximate surface area is 181 Å². The average Bonchev–Trinajstić information content (AvgIpc) is 2.79.